The van der Waals surface area contributed by atoms with Gasteiger partial charge in [0.2, 0.25) is 5.88 Å². The van der Waals surface area contributed by atoms with Gasteiger partial charge < -0.3 is 15.0 Å². The largest absolute Gasteiger partial charge is 0.478 e. The van der Waals surface area contributed by atoms with Crippen LogP contribution in [0, 0.1) is 5.92 Å². The molecule has 2 aromatic rings. The van der Waals surface area contributed by atoms with Crippen molar-refractivity contribution >= 4 is 11.7 Å². The maximum Gasteiger partial charge on any atom is 0.321 e. The van der Waals surface area contributed by atoms with Crippen molar-refractivity contribution in [1.29, 1.82) is 0 Å². The van der Waals surface area contributed by atoms with E-state index in [1.807, 2.05) is 16.5 Å². The predicted octanol–water partition coefficient (Wildman–Crippen LogP) is 2.02. The van der Waals surface area contributed by atoms with E-state index < -0.39 is 0 Å². The third-order valence-electron chi connectivity index (χ3n) is 4.09. The van der Waals surface area contributed by atoms with E-state index in [2.05, 4.69) is 20.4 Å². The SMILES string of the molecule is CCOc1ccc(NC(=O)N2CCC(Cn3cncn3)CC2)cn1. The second-order valence-corrected chi connectivity index (χ2v) is 5.80. The minimum Gasteiger partial charge on any atom is -0.478 e. The molecule has 0 unspecified atom stereocenters. The standard InChI is InChI=1S/C16H22N6O2/c1-2-24-15-4-3-14(9-18-15)20-16(23)21-7-5-13(6-8-21)10-22-12-17-11-19-22/h3-4,9,11-13H,2,5-8,10H2,1H3,(H,20,23). The number of pyridine rings is 1. The zero-order chi connectivity index (χ0) is 16.8. The lowest BCUT2D eigenvalue weighted by atomic mass is 9.97. The van der Waals surface area contributed by atoms with E-state index in [4.69, 9.17) is 4.74 Å². The van der Waals surface area contributed by atoms with Crippen LogP contribution in [0.5, 0.6) is 5.88 Å². The maximum atomic E-state index is 12.3. The third kappa shape index (κ3) is 4.21. The van der Waals surface area contributed by atoms with Crippen LogP contribution in [-0.2, 0) is 6.54 Å². The maximum absolute atomic E-state index is 12.3. The van der Waals surface area contributed by atoms with Crippen molar-refractivity contribution in [2.24, 2.45) is 5.92 Å². The van der Waals surface area contributed by atoms with E-state index in [1.54, 1.807) is 31.0 Å². The molecule has 0 saturated carbocycles. The van der Waals surface area contributed by atoms with Crippen LogP contribution in [0.25, 0.3) is 0 Å². The van der Waals surface area contributed by atoms with Gasteiger partial charge in [-0.1, -0.05) is 0 Å². The first-order valence-corrected chi connectivity index (χ1v) is 8.22. The van der Waals surface area contributed by atoms with E-state index in [9.17, 15) is 4.79 Å². The summed E-state index contributed by atoms with van der Waals surface area (Å²) in [4.78, 5) is 22.3. The average Bonchev–Trinajstić information content (AvgIpc) is 3.10. The van der Waals surface area contributed by atoms with Gasteiger partial charge in [0.15, 0.2) is 0 Å². The van der Waals surface area contributed by atoms with Gasteiger partial charge >= 0.3 is 6.03 Å². The van der Waals surface area contributed by atoms with E-state index in [0.717, 1.165) is 32.5 Å². The molecular formula is C16H22N6O2. The van der Waals surface area contributed by atoms with Gasteiger partial charge in [-0.05, 0) is 31.7 Å². The highest BCUT2D eigenvalue weighted by atomic mass is 16.5. The second kappa shape index (κ2) is 7.76. The molecule has 3 rings (SSSR count). The number of hydrogen-bond donors (Lipinski definition) is 1. The van der Waals surface area contributed by atoms with Crippen molar-refractivity contribution in [1.82, 2.24) is 24.6 Å². The van der Waals surface area contributed by atoms with Crippen LogP contribution in [-0.4, -0.2) is 50.4 Å². The molecule has 128 valence electrons. The van der Waals surface area contributed by atoms with Gasteiger partial charge in [0, 0.05) is 25.7 Å². The molecule has 3 heterocycles. The lowest BCUT2D eigenvalue weighted by Gasteiger charge is -2.31. The normalized spacial score (nSPS) is 15.3. The quantitative estimate of drug-likeness (QED) is 0.906. The van der Waals surface area contributed by atoms with Crippen LogP contribution in [0.3, 0.4) is 0 Å². The number of ether oxygens (including phenoxy) is 1. The van der Waals surface area contributed by atoms with Gasteiger partial charge in [0.05, 0.1) is 18.5 Å². The molecule has 1 aliphatic rings. The van der Waals surface area contributed by atoms with Gasteiger partial charge in [-0.15, -0.1) is 0 Å². The first-order chi connectivity index (χ1) is 11.7. The van der Waals surface area contributed by atoms with E-state index in [0.29, 0.717) is 24.1 Å². The van der Waals surface area contributed by atoms with Crippen molar-refractivity contribution in [3.05, 3.63) is 31.0 Å². The molecule has 0 spiro atoms. The fraction of sp³-hybridized carbons (Fsp3) is 0.500. The Morgan fingerprint density at radius 3 is 2.83 bits per heavy atom. The minimum atomic E-state index is -0.0832. The highest BCUT2D eigenvalue weighted by molar-refractivity contribution is 5.89. The monoisotopic (exact) mass is 330 g/mol. The number of carbonyl (C=O) groups excluding carboxylic acids is 1. The molecule has 2 amide bonds. The van der Waals surface area contributed by atoms with Crippen molar-refractivity contribution < 1.29 is 9.53 Å². The Kier molecular flexibility index (Phi) is 5.25. The molecule has 1 aliphatic heterocycles. The Bertz CT molecular complexity index is 635. The number of anilines is 1. The predicted molar refractivity (Wildman–Crippen MR) is 88.7 cm³/mol. The van der Waals surface area contributed by atoms with Crippen molar-refractivity contribution in [3.8, 4) is 5.88 Å². The Morgan fingerprint density at radius 2 is 2.21 bits per heavy atom. The van der Waals surface area contributed by atoms with Gasteiger partial charge in [-0.3, -0.25) is 4.68 Å². The number of likely N-dealkylation sites (tertiary alicyclic amines) is 1. The molecular weight excluding hydrogens is 308 g/mol. The number of nitrogens with zero attached hydrogens (tertiary/aromatic N) is 5. The minimum absolute atomic E-state index is 0.0832. The van der Waals surface area contributed by atoms with Crippen LogP contribution in [0.2, 0.25) is 0 Å². The van der Waals surface area contributed by atoms with Crippen LogP contribution in [0.15, 0.2) is 31.0 Å². The van der Waals surface area contributed by atoms with Crippen molar-refractivity contribution in [2.45, 2.75) is 26.3 Å². The zero-order valence-corrected chi connectivity index (χ0v) is 13.8. The smallest absolute Gasteiger partial charge is 0.321 e. The van der Waals surface area contributed by atoms with Crippen LogP contribution in [0.4, 0.5) is 10.5 Å². The van der Waals surface area contributed by atoms with Crippen LogP contribution >= 0.6 is 0 Å². The van der Waals surface area contributed by atoms with Crippen LogP contribution in [0.1, 0.15) is 19.8 Å². The molecule has 1 saturated heterocycles. The summed E-state index contributed by atoms with van der Waals surface area (Å²) in [5, 5.41) is 7.02. The fourth-order valence-corrected chi connectivity index (χ4v) is 2.80. The summed E-state index contributed by atoms with van der Waals surface area (Å²) in [6.07, 6.45) is 6.83. The van der Waals surface area contributed by atoms with Gasteiger partial charge in [-0.25, -0.2) is 14.8 Å². The summed E-state index contributed by atoms with van der Waals surface area (Å²) in [6, 6.07) is 3.47. The molecule has 8 nitrogen and oxygen atoms in total. The number of nitrogens with one attached hydrogen (secondary N) is 1. The second-order valence-electron chi connectivity index (χ2n) is 5.80. The lowest BCUT2D eigenvalue weighted by Crippen LogP contribution is -2.41. The zero-order valence-electron chi connectivity index (χ0n) is 13.8. The number of piperidine rings is 1. The number of amides is 2. The third-order valence-corrected chi connectivity index (χ3v) is 4.09. The molecule has 24 heavy (non-hydrogen) atoms. The van der Waals surface area contributed by atoms with E-state index in [1.165, 1.54) is 0 Å². The number of aromatic nitrogens is 4. The Hall–Kier alpha value is -2.64. The number of urea groups is 1. The first-order valence-electron chi connectivity index (χ1n) is 8.22. The molecule has 0 bridgehead atoms. The summed E-state index contributed by atoms with van der Waals surface area (Å²) < 4.78 is 7.14. The molecule has 0 aliphatic carbocycles. The highest BCUT2D eigenvalue weighted by Gasteiger charge is 2.23. The van der Waals surface area contributed by atoms with Crippen molar-refractivity contribution in [3.63, 3.8) is 0 Å². The fourth-order valence-electron chi connectivity index (χ4n) is 2.80. The molecule has 1 fully saturated rings. The first kappa shape index (κ1) is 16.2. The summed E-state index contributed by atoms with van der Waals surface area (Å²) in [6.45, 7) is 4.83. The number of rotatable bonds is 5. The summed E-state index contributed by atoms with van der Waals surface area (Å²) >= 11 is 0. The Labute approximate surface area is 140 Å². The topological polar surface area (TPSA) is 85.2 Å². The summed E-state index contributed by atoms with van der Waals surface area (Å²) in [5.41, 5.74) is 0.674. The molecule has 2 aromatic heterocycles. The summed E-state index contributed by atoms with van der Waals surface area (Å²) in [7, 11) is 0. The van der Waals surface area contributed by atoms with E-state index >= 15 is 0 Å². The van der Waals surface area contributed by atoms with Crippen molar-refractivity contribution in [2.75, 3.05) is 25.0 Å². The summed E-state index contributed by atoms with van der Waals surface area (Å²) in [5.74, 6) is 1.09. The number of carbonyl (C=O) groups is 1. The molecule has 8 heteroatoms. The molecule has 0 radical (unpaired) electrons. The molecule has 0 atom stereocenters. The van der Waals surface area contributed by atoms with Gasteiger partial charge in [0.25, 0.3) is 0 Å². The van der Waals surface area contributed by atoms with E-state index in [-0.39, 0.29) is 6.03 Å². The van der Waals surface area contributed by atoms with Gasteiger partial charge in [-0.2, -0.15) is 5.10 Å². The number of hydrogen-bond acceptors (Lipinski definition) is 5. The molecule has 0 aromatic carbocycles. The highest BCUT2D eigenvalue weighted by Crippen LogP contribution is 2.20. The molecule has 1 N–H and O–H groups in total. The Morgan fingerprint density at radius 1 is 1.38 bits per heavy atom. The Balaban J connectivity index is 1.46. The van der Waals surface area contributed by atoms with Crippen LogP contribution < -0.4 is 10.1 Å². The average molecular weight is 330 g/mol. The lowest BCUT2D eigenvalue weighted by molar-refractivity contribution is 0.175. The van der Waals surface area contributed by atoms with Gasteiger partial charge in [0.1, 0.15) is 12.7 Å².